The molecule has 1 amide bonds. The van der Waals surface area contributed by atoms with E-state index >= 15 is 0 Å². The molecule has 35 heavy (non-hydrogen) atoms. The lowest BCUT2D eigenvalue weighted by molar-refractivity contribution is 0.0490. The molecule has 4 rings (SSSR count). The molecule has 0 spiro atoms. The maximum atomic E-state index is 13.9. The van der Waals surface area contributed by atoms with Gasteiger partial charge >= 0.3 is 12.1 Å². The van der Waals surface area contributed by atoms with Crippen molar-refractivity contribution >= 4 is 29.3 Å². The van der Waals surface area contributed by atoms with Crippen LogP contribution in [0.2, 0.25) is 0 Å². The molecular weight excluding hydrogens is 453 g/mol. The lowest BCUT2D eigenvalue weighted by Gasteiger charge is -2.44. The van der Waals surface area contributed by atoms with Crippen LogP contribution in [0.3, 0.4) is 0 Å². The number of ether oxygens (including phenoxy) is 2. The monoisotopic (exact) mass is 485 g/mol. The van der Waals surface area contributed by atoms with Crippen LogP contribution in [0.15, 0.2) is 30.7 Å². The Kier molecular flexibility index (Phi) is 7.09. The summed E-state index contributed by atoms with van der Waals surface area (Å²) in [5, 5.41) is 2.99. The van der Waals surface area contributed by atoms with E-state index in [0.29, 0.717) is 18.8 Å². The van der Waals surface area contributed by atoms with E-state index in [4.69, 9.17) is 9.47 Å². The van der Waals surface area contributed by atoms with Crippen molar-refractivity contribution < 1.29 is 23.5 Å². The number of hydrogen-bond donors (Lipinski definition) is 1. The largest absolute Gasteiger partial charge is 0.465 e. The van der Waals surface area contributed by atoms with Crippen LogP contribution >= 0.6 is 0 Å². The topological polar surface area (TPSA) is 96.9 Å². The van der Waals surface area contributed by atoms with Gasteiger partial charge in [-0.1, -0.05) is 0 Å². The Bertz CT molecular complexity index is 1080. The number of rotatable bonds is 4. The molecule has 9 nitrogen and oxygen atoms in total. The van der Waals surface area contributed by atoms with E-state index in [2.05, 4.69) is 20.2 Å². The molecule has 1 N–H and O–H groups in total. The number of methoxy groups -OCH3 is 1. The van der Waals surface area contributed by atoms with Gasteiger partial charge in [0.15, 0.2) is 5.82 Å². The third-order valence-corrected chi connectivity index (χ3v) is 6.31. The summed E-state index contributed by atoms with van der Waals surface area (Å²) in [6.45, 7) is 6.80. The minimum atomic E-state index is -0.601. The van der Waals surface area contributed by atoms with E-state index in [-0.39, 0.29) is 23.7 Å². The minimum absolute atomic E-state index is 0.0779. The number of nitrogens with zero attached hydrogens (tertiary/aromatic N) is 4. The van der Waals surface area contributed by atoms with Crippen LogP contribution in [-0.2, 0) is 9.47 Å². The van der Waals surface area contributed by atoms with Gasteiger partial charge in [-0.15, -0.1) is 0 Å². The minimum Gasteiger partial charge on any atom is -0.465 e. The van der Waals surface area contributed by atoms with Gasteiger partial charge < -0.3 is 24.6 Å². The SMILES string of the molecule is COC(=O)c1cc(F)ccc1N1CCN(C2CCC(NC(=O)OC(C)(C)C)CC2)c2ncncc21. The maximum absolute atomic E-state index is 13.9. The average Bonchev–Trinajstić information content (AvgIpc) is 2.82. The second-order valence-electron chi connectivity index (χ2n) is 9.88. The molecule has 0 radical (unpaired) electrons. The van der Waals surface area contributed by atoms with Crippen LogP contribution in [-0.4, -0.2) is 59.9 Å². The predicted molar refractivity (Wildman–Crippen MR) is 130 cm³/mol. The summed E-state index contributed by atoms with van der Waals surface area (Å²) in [6.07, 6.45) is 6.32. The average molecular weight is 486 g/mol. The van der Waals surface area contributed by atoms with Gasteiger partial charge in [0.05, 0.1) is 24.6 Å². The van der Waals surface area contributed by atoms with Crippen LogP contribution in [0.4, 0.5) is 26.4 Å². The van der Waals surface area contributed by atoms with Crippen molar-refractivity contribution in [2.75, 3.05) is 30.0 Å². The molecule has 2 aromatic rings. The van der Waals surface area contributed by atoms with Gasteiger partial charge in [-0.2, -0.15) is 0 Å². The van der Waals surface area contributed by atoms with E-state index in [1.54, 1.807) is 12.3 Å². The zero-order chi connectivity index (χ0) is 25.2. The number of halogens is 1. The van der Waals surface area contributed by atoms with Crippen LogP contribution in [0.25, 0.3) is 0 Å². The van der Waals surface area contributed by atoms with Crippen LogP contribution in [0, 0.1) is 5.82 Å². The predicted octanol–water partition coefficient (Wildman–Crippen LogP) is 4.20. The molecule has 1 aromatic carbocycles. The van der Waals surface area contributed by atoms with Gasteiger partial charge in [-0.25, -0.2) is 23.9 Å². The number of carbonyl (C=O) groups excluding carboxylic acids is 2. The van der Waals surface area contributed by atoms with Crippen molar-refractivity contribution in [3.8, 4) is 0 Å². The lowest BCUT2D eigenvalue weighted by atomic mass is 9.89. The molecule has 10 heteroatoms. The Hall–Kier alpha value is -3.43. The number of benzene rings is 1. The standard InChI is InChI=1S/C25H32FN5O4/c1-25(2,3)35-24(33)29-17-6-8-18(9-7-17)30-11-12-31(21-14-27-15-28-22(21)30)20-10-5-16(26)13-19(20)23(32)34-4/h5,10,13-15,17-18H,6-9,11-12H2,1-4H3,(H,29,33). The van der Waals surface area contributed by atoms with Gasteiger partial charge in [0.25, 0.3) is 0 Å². The molecule has 1 aliphatic heterocycles. The molecule has 188 valence electrons. The van der Waals surface area contributed by atoms with Crippen LogP contribution in [0.5, 0.6) is 0 Å². The molecule has 1 saturated carbocycles. The Labute approximate surface area is 204 Å². The fraction of sp³-hybridized carbons (Fsp3) is 0.520. The second kappa shape index (κ2) is 10.1. The van der Waals surface area contributed by atoms with Gasteiger partial charge in [-0.05, 0) is 64.7 Å². The van der Waals surface area contributed by atoms with E-state index < -0.39 is 17.4 Å². The van der Waals surface area contributed by atoms with E-state index in [9.17, 15) is 14.0 Å². The number of hydrogen-bond acceptors (Lipinski definition) is 8. The highest BCUT2D eigenvalue weighted by Crippen LogP contribution is 2.40. The zero-order valence-electron chi connectivity index (χ0n) is 20.6. The molecule has 0 unspecified atom stereocenters. The molecule has 1 aliphatic carbocycles. The van der Waals surface area contributed by atoms with Crippen molar-refractivity contribution in [1.82, 2.24) is 15.3 Å². The number of nitrogens with one attached hydrogen (secondary N) is 1. The van der Waals surface area contributed by atoms with E-state index in [1.165, 1.54) is 25.6 Å². The number of fused-ring (bicyclic) bond motifs is 1. The first-order valence-corrected chi connectivity index (χ1v) is 11.9. The van der Waals surface area contributed by atoms with Crippen molar-refractivity contribution in [3.63, 3.8) is 0 Å². The Morgan fingerprint density at radius 1 is 1.11 bits per heavy atom. The molecule has 0 atom stereocenters. The Balaban J connectivity index is 1.50. The van der Waals surface area contributed by atoms with Gasteiger partial charge in [0, 0.05) is 25.2 Å². The van der Waals surface area contributed by atoms with Crippen LogP contribution < -0.4 is 15.1 Å². The van der Waals surface area contributed by atoms with Crippen molar-refractivity contribution in [2.45, 2.75) is 64.1 Å². The summed E-state index contributed by atoms with van der Waals surface area (Å²) < 4.78 is 24.2. The first-order valence-electron chi connectivity index (χ1n) is 11.9. The summed E-state index contributed by atoms with van der Waals surface area (Å²) >= 11 is 0. The highest BCUT2D eigenvalue weighted by molar-refractivity contribution is 5.97. The van der Waals surface area contributed by atoms with E-state index in [0.717, 1.165) is 37.2 Å². The molecule has 1 fully saturated rings. The molecule has 2 aliphatic rings. The third kappa shape index (κ3) is 5.63. The quantitative estimate of drug-likeness (QED) is 0.644. The molecular formula is C25H32FN5O4. The summed E-state index contributed by atoms with van der Waals surface area (Å²) in [6, 6.07) is 4.44. The summed E-state index contributed by atoms with van der Waals surface area (Å²) in [5.41, 5.74) is 0.941. The van der Waals surface area contributed by atoms with Gasteiger partial charge in [0.2, 0.25) is 0 Å². The fourth-order valence-electron chi connectivity index (χ4n) is 4.79. The Morgan fingerprint density at radius 3 is 2.54 bits per heavy atom. The number of anilines is 3. The Morgan fingerprint density at radius 2 is 1.86 bits per heavy atom. The molecule has 2 heterocycles. The highest BCUT2D eigenvalue weighted by Gasteiger charge is 2.34. The lowest BCUT2D eigenvalue weighted by Crippen LogP contribution is -2.49. The number of aromatic nitrogens is 2. The van der Waals surface area contributed by atoms with Gasteiger partial charge in [0.1, 0.15) is 23.4 Å². The van der Waals surface area contributed by atoms with Crippen molar-refractivity contribution in [2.24, 2.45) is 0 Å². The highest BCUT2D eigenvalue weighted by atomic mass is 19.1. The molecule has 0 saturated heterocycles. The van der Waals surface area contributed by atoms with Crippen molar-refractivity contribution in [3.05, 3.63) is 42.1 Å². The number of carbonyl (C=O) groups is 2. The number of alkyl carbamates (subject to hydrolysis) is 1. The summed E-state index contributed by atoms with van der Waals surface area (Å²) in [5.74, 6) is -0.333. The first kappa shape index (κ1) is 24.7. The first-order chi connectivity index (χ1) is 16.7. The zero-order valence-corrected chi connectivity index (χ0v) is 20.6. The summed E-state index contributed by atoms with van der Waals surface area (Å²) in [4.78, 5) is 37.5. The maximum Gasteiger partial charge on any atom is 0.407 e. The van der Waals surface area contributed by atoms with Crippen molar-refractivity contribution in [1.29, 1.82) is 0 Å². The fourth-order valence-corrected chi connectivity index (χ4v) is 4.79. The number of amides is 1. The number of esters is 1. The second-order valence-corrected chi connectivity index (χ2v) is 9.88. The van der Waals surface area contributed by atoms with E-state index in [1.807, 2.05) is 25.7 Å². The molecule has 0 bridgehead atoms. The third-order valence-electron chi connectivity index (χ3n) is 6.31. The normalized spacial score (nSPS) is 20.1. The summed E-state index contributed by atoms with van der Waals surface area (Å²) in [7, 11) is 1.28. The smallest absolute Gasteiger partial charge is 0.407 e. The van der Waals surface area contributed by atoms with Gasteiger partial charge in [-0.3, -0.25) is 0 Å². The van der Waals surface area contributed by atoms with Crippen LogP contribution in [0.1, 0.15) is 56.8 Å². The molecule has 1 aromatic heterocycles.